The van der Waals surface area contributed by atoms with Crippen molar-refractivity contribution in [2.75, 3.05) is 13.1 Å². The molecule has 0 spiro atoms. The van der Waals surface area contributed by atoms with Crippen LogP contribution in [0.15, 0.2) is 38.3 Å². The van der Waals surface area contributed by atoms with Crippen LogP contribution in [0.3, 0.4) is 0 Å². The van der Waals surface area contributed by atoms with Gasteiger partial charge < -0.3 is 13.8 Å². The van der Waals surface area contributed by atoms with Gasteiger partial charge in [0, 0.05) is 18.0 Å². The zero-order valence-corrected chi connectivity index (χ0v) is 16.7. The van der Waals surface area contributed by atoms with Crippen molar-refractivity contribution < 1.29 is 22.2 Å². The molecule has 4 heterocycles. The summed E-state index contributed by atoms with van der Waals surface area (Å²) in [5.41, 5.74) is 0. The summed E-state index contributed by atoms with van der Waals surface area (Å²) in [6.45, 7) is 3.11. The Hall–Kier alpha value is -2.50. The first kappa shape index (κ1) is 18.8. The number of carbonyl (C=O) groups is 1. The average molecular weight is 422 g/mol. The smallest absolute Gasteiger partial charge is 0.316 e. The second-order valence-electron chi connectivity index (χ2n) is 6.36. The third-order valence-electron chi connectivity index (χ3n) is 4.40. The molecule has 0 aliphatic carbocycles. The first-order valence-electron chi connectivity index (χ1n) is 8.70. The number of aromatic nitrogens is 2. The Bertz CT molecular complexity index is 1080. The van der Waals surface area contributed by atoms with E-state index in [9.17, 15) is 13.2 Å². The van der Waals surface area contributed by atoms with Crippen molar-refractivity contribution >= 4 is 27.3 Å². The number of thiophene rings is 1. The van der Waals surface area contributed by atoms with Gasteiger partial charge >= 0.3 is 11.8 Å². The van der Waals surface area contributed by atoms with E-state index in [4.69, 9.17) is 8.94 Å². The van der Waals surface area contributed by atoms with Gasteiger partial charge in [0.15, 0.2) is 0 Å². The summed E-state index contributed by atoms with van der Waals surface area (Å²) >= 11 is 1.22. The maximum absolute atomic E-state index is 12.6. The molecule has 9 nitrogen and oxygen atoms in total. The van der Waals surface area contributed by atoms with Crippen molar-refractivity contribution in [3.63, 3.8) is 0 Å². The zero-order valence-electron chi connectivity index (χ0n) is 15.0. The number of nitrogens with one attached hydrogen (secondary N) is 1. The van der Waals surface area contributed by atoms with Gasteiger partial charge in [-0.2, -0.15) is 4.98 Å². The molecule has 0 atom stereocenters. The van der Waals surface area contributed by atoms with Crippen molar-refractivity contribution in [3.05, 3.63) is 41.0 Å². The molecule has 3 aromatic rings. The highest BCUT2D eigenvalue weighted by molar-refractivity contribution is 7.89. The summed E-state index contributed by atoms with van der Waals surface area (Å²) in [6, 6.07) is 4.86. The Kier molecular flexibility index (Phi) is 5.04. The lowest BCUT2D eigenvalue weighted by Gasteiger charge is -2.10. The lowest BCUT2D eigenvalue weighted by Crippen LogP contribution is -2.27. The second kappa shape index (κ2) is 7.49. The molecule has 1 saturated heterocycles. The van der Waals surface area contributed by atoms with Gasteiger partial charge in [0.1, 0.15) is 5.76 Å². The minimum absolute atomic E-state index is 0.0522. The van der Waals surface area contributed by atoms with E-state index < -0.39 is 10.0 Å². The van der Waals surface area contributed by atoms with Gasteiger partial charge in [0.25, 0.3) is 0 Å². The summed E-state index contributed by atoms with van der Waals surface area (Å²) in [4.78, 5) is 19.4. The summed E-state index contributed by atoms with van der Waals surface area (Å²) in [5, 5.41) is 3.85. The Labute approximate surface area is 165 Å². The number of hydrogen-bond acceptors (Lipinski definition) is 8. The van der Waals surface area contributed by atoms with Crippen molar-refractivity contribution in [2.24, 2.45) is 0 Å². The van der Waals surface area contributed by atoms with E-state index in [1.54, 1.807) is 24.0 Å². The fourth-order valence-electron chi connectivity index (χ4n) is 2.97. The molecular formula is C17H18N4O5S2. The molecule has 11 heteroatoms. The predicted octanol–water partition coefficient (Wildman–Crippen LogP) is 2.41. The Balaban J connectivity index is 1.53. The average Bonchev–Trinajstić information content (AvgIpc) is 3.47. The van der Waals surface area contributed by atoms with Crippen LogP contribution in [0.2, 0.25) is 0 Å². The van der Waals surface area contributed by atoms with E-state index in [-0.39, 0.29) is 29.1 Å². The third-order valence-corrected chi connectivity index (χ3v) is 7.10. The fourth-order valence-corrected chi connectivity index (χ4v) is 5.47. The normalized spacial score (nSPS) is 14.7. The van der Waals surface area contributed by atoms with E-state index >= 15 is 0 Å². The van der Waals surface area contributed by atoms with Crippen LogP contribution >= 0.6 is 11.3 Å². The van der Waals surface area contributed by atoms with Gasteiger partial charge in [-0.3, -0.25) is 4.79 Å². The van der Waals surface area contributed by atoms with Crippen LogP contribution < -0.4 is 4.72 Å². The molecule has 0 aromatic carbocycles. The summed E-state index contributed by atoms with van der Waals surface area (Å²) < 4.78 is 38.0. The largest absolute Gasteiger partial charge is 0.468 e. The molecule has 1 amide bonds. The Morgan fingerprint density at radius 3 is 2.86 bits per heavy atom. The van der Waals surface area contributed by atoms with Gasteiger partial charge in [-0.25, -0.2) is 13.1 Å². The Morgan fingerprint density at radius 1 is 1.36 bits per heavy atom. The van der Waals surface area contributed by atoms with Crippen LogP contribution in [0.25, 0.3) is 10.7 Å². The SMILES string of the molecule is Cc1sc(-c2noc(C(=O)N3CCCC3)n2)cc1S(=O)(=O)NCc1ccco1. The number of sulfonamides is 1. The molecule has 3 aromatic heterocycles. The lowest BCUT2D eigenvalue weighted by molar-refractivity contribution is 0.0743. The number of hydrogen-bond donors (Lipinski definition) is 1. The Morgan fingerprint density at radius 2 is 2.14 bits per heavy atom. The number of aryl methyl sites for hydroxylation is 1. The molecule has 1 aliphatic rings. The molecule has 1 aliphatic heterocycles. The number of furan rings is 1. The standard InChI is InChI=1S/C17H18N4O5S2/c1-11-14(28(23,24)18-10-12-5-4-8-25-12)9-13(27-11)15-19-16(26-20-15)17(22)21-6-2-3-7-21/h4-5,8-9,18H,2-3,6-7,10H2,1H3. The predicted molar refractivity (Wildman–Crippen MR) is 100 cm³/mol. The monoisotopic (exact) mass is 422 g/mol. The van der Waals surface area contributed by atoms with Crippen LogP contribution in [-0.4, -0.2) is 42.5 Å². The number of likely N-dealkylation sites (tertiary alicyclic amines) is 1. The minimum Gasteiger partial charge on any atom is -0.468 e. The maximum Gasteiger partial charge on any atom is 0.316 e. The van der Waals surface area contributed by atoms with Crippen molar-refractivity contribution in [1.82, 2.24) is 19.8 Å². The van der Waals surface area contributed by atoms with Crippen molar-refractivity contribution in [1.29, 1.82) is 0 Å². The van der Waals surface area contributed by atoms with Gasteiger partial charge in [-0.05, 0) is 38.0 Å². The molecule has 0 unspecified atom stereocenters. The highest BCUT2D eigenvalue weighted by Gasteiger charge is 2.27. The molecule has 0 saturated carbocycles. The molecule has 1 N–H and O–H groups in total. The number of rotatable bonds is 6. The van der Waals surface area contributed by atoms with E-state index in [0.717, 1.165) is 12.8 Å². The van der Waals surface area contributed by atoms with Crippen molar-refractivity contribution in [3.8, 4) is 10.7 Å². The number of nitrogens with zero attached hydrogens (tertiary/aromatic N) is 3. The van der Waals surface area contributed by atoms with Gasteiger partial charge in [0.2, 0.25) is 15.8 Å². The summed E-state index contributed by atoms with van der Waals surface area (Å²) in [7, 11) is -3.74. The topological polar surface area (TPSA) is 119 Å². The molecular weight excluding hydrogens is 404 g/mol. The lowest BCUT2D eigenvalue weighted by atomic mass is 10.4. The highest BCUT2D eigenvalue weighted by Crippen LogP contribution is 2.32. The minimum atomic E-state index is -3.74. The van der Waals surface area contributed by atoms with Crippen LogP contribution in [0.4, 0.5) is 0 Å². The van der Waals surface area contributed by atoms with Gasteiger partial charge in [-0.1, -0.05) is 5.16 Å². The fraction of sp³-hybridized carbons (Fsp3) is 0.353. The van der Waals surface area contributed by atoms with E-state index in [0.29, 0.717) is 28.6 Å². The second-order valence-corrected chi connectivity index (χ2v) is 9.35. The molecule has 148 valence electrons. The quantitative estimate of drug-likeness (QED) is 0.648. The van der Waals surface area contributed by atoms with Crippen LogP contribution in [-0.2, 0) is 16.6 Å². The number of amides is 1. The van der Waals surface area contributed by atoms with Crippen LogP contribution in [0.5, 0.6) is 0 Å². The highest BCUT2D eigenvalue weighted by atomic mass is 32.2. The van der Waals surface area contributed by atoms with Gasteiger partial charge in [-0.15, -0.1) is 11.3 Å². The van der Waals surface area contributed by atoms with Crippen LogP contribution in [0.1, 0.15) is 34.2 Å². The third kappa shape index (κ3) is 3.73. The molecule has 1 fully saturated rings. The molecule has 28 heavy (non-hydrogen) atoms. The molecule has 4 rings (SSSR count). The van der Waals surface area contributed by atoms with E-state index in [2.05, 4.69) is 14.9 Å². The molecule has 0 bridgehead atoms. The zero-order chi connectivity index (χ0) is 19.7. The van der Waals surface area contributed by atoms with Crippen LogP contribution in [0, 0.1) is 6.92 Å². The summed E-state index contributed by atoms with van der Waals surface area (Å²) in [6.07, 6.45) is 3.40. The number of carbonyl (C=O) groups excluding carboxylic acids is 1. The first-order valence-corrected chi connectivity index (χ1v) is 11.0. The van der Waals surface area contributed by atoms with Crippen molar-refractivity contribution in [2.45, 2.75) is 31.2 Å². The van der Waals surface area contributed by atoms with Gasteiger partial charge in [0.05, 0.1) is 22.6 Å². The molecule has 0 radical (unpaired) electrons. The van der Waals surface area contributed by atoms with E-state index in [1.807, 2.05) is 0 Å². The summed E-state index contributed by atoms with van der Waals surface area (Å²) in [5.74, 6) is 0.337. The van der Waals surface area contributed by atoms with E-state index in [1.165, 1.54) is 23.7 Å². The first-order chi connectivity index (χ1) is 13.4. The maximum atomic E-state index is 12.6.